The zero-order chi connectivity index (χ0) is 19.9. The summed E-state index contributed by atoms with van der Waals surface area (Å²) in [4.78, 5) is 24.0. The van der Waals surface area contributed by atoms with Crippen molar-refractivity contribution in [1.82, 2.24) is 4.57 Å². The van der Waals surface area contributed by atoms with Crippen molar-refractivity contribution < 1.29 is 24.5 Å². The maximum atomic E-state index is 14.4. The van der Waals surface area contributed by atoms with Crippen molar-refractivity contribution in [2.45, 2.75) is 6.92 Å². The number of aliphatic hydroxyl groups is 1. The van der Waals surface area contributed by atoms with E-state index in [0.29, 0.717) is 11.3 Å². The lowest BCUT2D eigenvalue weighted by Crippen LogP contribution is -2.19. The molecule has 0 atom stereocenters. The highest BCUT2D eigenvalue weighted by Crippen LogP contribution is 2.27. The summed E-state index contributed by atoms with van der Waals surface area (Å²) in [6.07, 6.45) is 1.16. The van der Waals surface area contributed by atoms with E-state index in [1.165, 1.54) is 22.8 Å². The molecule has 0 fully saturated rings. The summed E-state index contributed by atoms with van der Waals surface area (Å²) in [5.74, 6) is -2.19. The van der Waals surface area contributed by atoms with Gasteiger partial charge >= 0.3 is 5.97 Å². The molecule has 0 aliphatic carbocycles. The van der Waals surface area contributed by atoms with Gasteiger partial charge in [-0.3, -0.25) is 4.79 Å². The average molecular weight is 369 g/mol. The van der Waals surface area contributed by atoms with Gasteiger partial charge in [0.15, 0.2) is 0 Å². The summed E-state index contributed by atoms with van der Waals surface area (Å²) < 4.78 is 15.9. The molecule has 0 spiro atoms. The van der Waals surface area contributed by atoms with Gasteiger partial charge in [0.1, 0.15) is 17.1 Å². The number of hydrogen-bond acceptors (Lipinski definition) is 4. The number of aryl methyl sites for hydroxylation is 1. The Morgan fingerprint density at radius 3 is 2.52 bits per heavy atom. The van der Waals surface area contributed by atoms with Crippen LogP contribution in [0, 0.1) is 12.7 Å². The molecule has 1 heterocycles. The molecule has 138 valence electrons. The van der Waals surface area contributed by atoms with Gasteiger partial charge in [0.2, 0.25) is 5.43 Å². The standard InChI is InChI=1S/C20H16FNO5/c1-10-5-12(24)3-4-17(10)22-8-15(20(26)27)19(25)14-6-16(21)13(7-18(14)22)11(2)9-23/h3-8,23-24H,2,9H2,1H3,(H,26,27). The van der Waals surface area contributed by atoms with E-state index in [1.807, 2.05) is 0 Å². The van der Waals surface area contributed by atoms with Crippen LogP contribution < -0.4 is 5.43 Å². The van der Waals surface area contributed by atoms with Gasteiger partial charge in [-0.15, -0.1) is 0 Å². The van der Waals surface area contributed by atoms with Crippen molar-refractivity contribution >= 4 is 22.4 Å². The largest absolute Gasteiger partial charge is 0.508 e. The molecule has 1 aromatic heterocycles. The molecule has 0 radical (unpaired) electrons. The predicted octanol–water partition coefficient (Wildman–Crippen LogP) is 2.85. The van der Waals surface area contributed by atoms with Crippen LogP contribution in [0.15, 0.2) is 47.9 Å². The number of aromatic carboxylic acids is 1. The number of hydrogen-bond donors (Lipinski definition) is 3. The van der Waals surface area contributed by atoms with E-state index in [0.717, 1.165) is 12.3 Å². The minimum atomic E-state index is -1.43. The Morgan fingerprint density at radius 2 is 1.93 bits per heavy atom. The summed E-state index contributed by atoms with van der Waals surface area (Å²) in [5, 5.41) is 28.2. The fraction of sp³-hybridized carbons (Fsp3) is 0.100. The maximum absolute atomic E-state index is 14.4. The Morgan fingerprint density at radius 1 is 1.22 bits per heavy atom. The van der Waals surface area contributed by atoms with E-state index < -0.39 is 29.4 Å². The molecule has 0 amide bonds. The van der Waals surface area contributed by atoms with Crippen LogP contribution in [0.5, 0.6) is 5.75 Å². The zero-order valence-corrected chi connectivity index (χ0v) is 14.4. The number of aromatic nitrogens is 1. The second-order valence-electron chi connectivity index (χ2n) is 6.13. The van der Waals surface area contributed by atoms with Gasteiger partial charge in [-0.1, -0.05) is 6.58 Å². The Balaban J connectivity index is 2.49. The molecule has 0 saturated heterocycles. The molecule has 0 bridgehead atoms. The van der Waals surface area contributed by atoms with E-state index in [-0.39, 0.29) is 27.8 Å². The Hall–Kier alpha value is -3.45. The van der Waals surface area contributed by atoms with Gasteiger partial charge in [-0.05, 0) is 48.4 Å². The highest BCUT2D eigenvalue weighted by molar-refractivity contribution is 5.94. The lowest BCUT2D eigenvalue weighted by Gasteiger charge is -2.16. The third-order valence-electron chi connectivity index (χ3n) is 4.33. The van der Waals surface area contributed by atoms with Crippen molar-refractivity contribution in [2.24, 2.45) is 0 Å². The maximum Gasteiger partial charge on any atom is 0.341 e. The number of halogens is 1. The van der Waals surface area contributed by atoms with Gasteiger partial charge in [-0.2, -0.15) is 0 Å². The van der Waals surface area contributed by atoms with Gasteiger partial charge in [0.05, 0.1) is 12.1 Å². The molecule has 3 rings (SSSR count). The predicted molar refractivity (Wildman–Crippen MR) is 99.0 cm³/mol. The Kier molecular flexibility index (Phi) is 4.55. The van der Waals surface area contributed by atoms with Crippen LogP contribution in [0.2, 0.25) is 0 Å². The molecule has 3 aromatic rings. The number of fused-ring (bicyclic) bond motifs is 1. The molecule has 0 aliphatic rings. The van der Waals surface area contributed by atoms with Crippen LogP contribution in [0.1, 0.15) is 21.5 Å². The van der Waals surface area contributed by atoms with Crippen molar-refractivity contribution in [3.05, 3.63) is 75.8 Å². The summed E-state index contributed by atoms with van der Waals surface area (Å²) >= 11 is 0. The number of nitrogens with zero attached hydrogens (tertiary/aromatic N) is 1. The third kappa shape index (κ3) is 3.09. The molecule has 0 unspecified atom stereocenters. The number of carbonyl (C=O) groups is 1. The van der Waals surface area contributed by atoms with Crippen LogP contribution in [-0.4, -0.2) is 32.5 Å². The first-order valence-corrected chi connectivity index (χ1v) is 7.95. The fourth-order valence-corrected chi connectivity index (χ4v) is 2.96. The highest BCUT2D eigenvalue weighted by atomic mass is 19.1. The second kappa shape index (κ2) is 6.69. The molecule has 0 aliphatic heterocycles. The van der Waals surface area contributed by atoms with Crippen molar-refractivity contribution in [3.63, 3.8) is 0 Å². The number of phenols is 1. The fourth-order valence-electron chi connectivity index (χ4n) is 2.96. The van der Waals surface area contributed by atoms with Gasteiger partial charge in [0.25, 0.3) is 0 Å². The molecule has 2 aromatic carbocycles. The smallest absolute Gasteiger partial charge is 0.341 e. The Labute approximate surface area is 153 Å². The van der Waals surface area contributed by atoms with Gasteiger partial charge in [0, 0.05) is 22.8 Å². The van der Waals surface area contributed by atoms with Crippen LogP contribution in [0.3, 0.4) is 0 Å². The number of carboxylic acid groups (broad SMARTS) is 1. The number of aliphatic hydroxyl groups excluding tert-OH is 1. The lowest BCUT2D eigenvalue weighted by molar-refractivity contribution is 0.0695. The first-order chi connectivity index (χ1) is 12.7. The lowest BCUT2D eigenvalue weighted by atomic mass is 10.0. The summed E-state index contributed by atoms with van der Waals surface area (Å²) in [7, 11) is 0. The van der Waals surface area contributed by atoms with Crippen LogP contribution in [-0.2, 0) is 0 Å². The molecule has 3 N–H and O–H groups in total. The Bertz CT molecular complexity index is 1160. The third-order valence-corrected chi connectivity index (χ3v) is 4.33. The zero-order valence-electron chi connectivity index (χ0n) is 14.4. The summed E-state index contributed by atoms with van der Waals surface area (Å²) in [6, 6.07) is 6.76. The van der Waals surface area contributed by atoms with E-state index in [4.69, 9.17) is 0 Å². The topological polar surface area (TPSA) is 99.8 Å². The SMILES string of the molecule is C=C(CO)c1cc2c(cc1F)c(=O)c(C(=O)O)cn2-c1ccc(O)cc1C. The number of aromatic hydroxyl groups is 1. The van der Waals surface area contributed by atoms with Crippen molar-refractivity contribution in [1.29, 1.82) is 0 Å². The monoisotopic (exact) mass is 369 g/mol. The number of benzene rings is 2. The second-order valence-corrected chi connectivity index (χ2v) is 6.13. The molecule has 0 saturated carbocycles. The van der Waals surface area contributed by atoms with Crippen molar-refractivity contribution in [3.8, 4) is 11.4 Å². The van der Waals surface area contributed by atoms with Crippen LogP contribution >= 0.6 is 0 Å². The van der Waals surface area contributed by atoms with Crippen LogP contribution in [0.25, 0.3) is 22.2 Å². The van der Waals surface area contributed by atoms with E-state index in [1.54, 1.807) is 13.0 Å². The van der Waals surface area contributed by atoms with Gasteiger partial charge in [-0.25, -0.2) is 9.18 Å². The number of phenolic OH excluding ortho intramolecular Hbond substituents is 1. The highest BCUT2D eigenvalue weighted by Gasteiger charge is 2.19. The average Bonchev–Trinajstić information content (AvgIpc) is 2.61. The molecular formula is C20H16FNO5. The number of pyridine rings is 1. The van der Waals surface area contributed by atoms with Gasteiger partial charge < -0.3 is 19.9 Å². The quantitative estimate of drug-likeness (QED) is 0.657. The molecule has 7 heteroatoms. The molecule has 27 heavy (non-hydrogen) atoms. The number of rotatable bonds is 4. The molecular weight excluding hydrogens is 353 g/mol. The minimum absolute atomic E-state index is 0.0256. The first-order valence-electron chi connectivity index (χ1n) is 7.95. The minimum Gasteiger partial charge on any atom is -0.508 e. The number of carboxylic acids is 1. The van der Waals surface area contributed by atoms with E-state index in [2.05, 4.69) is 6.58 Å². The van der Waals surface area contributed by atoms with Crippen molar-refractivity contribution in [2.75, 3.05) is 6.61 Å². The summed E-state index contributed by atoms with van der Waals surface area (Å²) in [5.41, 5.74) is 0.199. The normalized spacial score (nSPS) is 10.9. The van der Waals surface area contributed by atoms with Crippen LogP contribution in [0.4, 0.5) is 4.39 Å². The molecule has 6 nitrogen and oxygen atoms in total. The summed E-state index contributed by atoms with van der Waals surface area (Å²) in [6.45, 7) is 4.84. The van der Waals surface area contributed by atoms with E-state index >= 15 is 0 Å². The van der Waals surface area contributed by atoms with E-state index in [9.17, 15) is 29.3 Å². The first kappa shape index (κ1) is 18.3.